The molecule has 104 valence electrons. The fraction of sp³-hybridized carbons (Fsp3) is 0.500. The Morgan fingerprint density at radius 2 is 1.95 bits per heavy atom. The number of thioether (sulfide) groups is 1. The lowest BCUT2D eigenvalue weighted by molar-refractivity contribution is -0.137. The van der Waals surface area contributed by atoms with Crippen LogP contribution in [0.3, 0.4) is 0 Å². The van der Waals surface area contributed by atoms with Gasteiger partial charge >= 0.3 is 6.18 Å². The Labute approximate surface area is 115 Å². The molecule has 0 saturated carbocycles. The molecule has 0 bridgehead atoms. The van der Waals surface area contributed by atoms with Crippen molar-refractivity contribution in [1.29, 1.82) is 5.26 Å². The van der Waals surface area contributed by atoms with Gasteiger partial charge in [0, 0.05) is 4.90 Å². The van der Waals surface area contributed by atoms with E-state index in [-0.39, 0.29) is 0 Å². The predicted molar refractivity (Wildman–Crippen MR) is 71.0 cm³/mol. The molecule has 1 aromatic carbocycles. The maximum absolute atomic E-state index is 12.6. The molecule has 19 heavy (non-hydrogen) atoms. The van der Waals surface area contributed by atoms with Crippen LogP contribution in [0.2, 0.25) is 0 Å². The minimum absolute atomic E-state index is 0.313. The summed E-state index contributed by atoms with van der Waals surface area (Å²) >= 11 is 1.33. The zero-order valence-electron chi connectivity index (χ0n) is 10.8. The minimum atomic E-state index is -4.36. The second kappa shape index (κ2) is 7.44. The summed E-state index contributed by atoms with van der Waals surface area (Å²) in [5.74, 6) is 0.746. The van der Waals surface area contributed by atoms with Crippen molar-refractivity contribution < 1.29 is 13.2 Å². The Kier molecular flexibility index (Phi) is 6.23. The van der Waals surface area contributed by atoms with Crippen LogP contribution in [0.15, 0.2) is 23.1 Å². The third-order valence-corrected chi connectivity index (χ3v) is 3.83. The van der Waals surface area contributed by atoms with Crippen molar-refractivity contribution in [3.05, 3.63) is 29.3 Å². The highest BCUT2D eigenvalue weighted by Gasteiger charge is 2.31. The standard InChI is InChI=1S/C14H16F3NS/c1-2-3-4-5-8-19-13-9-12(14(15,16)17)7-6-11(13)10-18/h6-7,9H,2-5,8H2,1H3. The largest absolute Gasteiger partial charge is 0.416 e. The monoisotopic (exact) mass is 287 g/mol. The van der Waals surface area contributed by atoms with Crippen LogP contribution >= 0.6 is 11.8 Å². The molecule has 0 radical (unpaired) electrons. The van der Waals surface area contributed by atoms with Gasteiger partial charge in [-0.2, -0.15) is 18.4 Å². The Hall–Kier alpha value is -1.15. The highest BCUT2D eigenvalue weighted by Crippen LogP contribution is 2.33. The average Bonchev–Trinajstić information content (AvgIpc) is 2.37. The molecule has 0 atom stereocenters. The number of unbranched alkanes of at least 4 members (excludes halogenated alkanes) is 3. The van der Waals surface area contributed by atoms with Gasteiger partial charge in [0.2, 0.25) is 0 Å². The highest BCUT2D eigenvalue weighted by atomic mass is 32.2. The molecule has 1 rings (SSSR count). The van der Waals surface area contributed by atoms with Crippen LogP contribution in [-0.4, -0.2) is 5.75 Å². The normalized spacial score (nSPS) is 11.3. The fourth-order valence-electron chi connectivity index (χ4n) is 1.62. The lowest BCUT2D eigenvalue weighted by atomic mass is 10.1. The third-order valence-electron chi connectivity index (χ3n) is 2.68. The van der Waals surface area contributed by atoms with Crippen molar-refractivity contribution in [3.63, 3.8) is 0 Å². The first-order chi connectivity index (χ1) is 8.99. The first-order valence-electron chi connectivity index (χ1n) is 6.23. The van der Waals surface area contributed by atoms with Crippen molar-refractivity contribution in [2.75, 3.05) is 5.75 Å². The number of alkyl halides is 3. The van der Waals surface area contributed by atoms with Crippen LogP contribution in [0.4, 0.5) is 13.2 Å². The van der Waals surface area contributed by atoms with E-state index in [9.17, 15) is 13.2 Å². The summed E-state index contributed by atoms with van der Waals surface area (Å²) < 4.78 is 37.8. The van der Waals surface area contributed by atoms with Gasteiger partial charge in [-0.15, -0.1) is 11.8 Å². The molecule has 0 unspecified atom stereocenters. The Morgan fingerprint density at radius 3 is 2.53 bits per heavy atom. The lowest BCUT2D eigenvalue weighted by Gasteiger charge is -2.10. The van der Waals surface area contributed by atoms with Crippen LogP contribution in [0.1, 0.15) is 43.7 Å². The van der Waals surface area contributed by atoms with Crippen LogP contribution in [0.5, 0.6) is 0 Å². The van der Waals surface area contributed by atoms with Gasteiger partial charge in [-0.05, 0) is 30.4 Å². The van der Waals surface area contributed by atoms with E-state index in [1.54, 1.807) is 0 Å². The number of nitriles is 1. The van der Waals surface area contributed by atoms with E-state index in [4.69, 9.17) is 5.26 Å². The summed E-state index contributed by atoms with van der Waals surface area (Å²) in [6, 6.07) is 5.22. The molecule has 5 heteroatoms. The van der Waals surface area contributed by atoms with Crippen molar-refractivity contribution in [3.8, 4) is 6.07 Å². The summed E-state index contributed by atoms with van der Waals surface area (Å²) in [6.07, 6.45) is -0.0681. The van der Waals surface area contributed by atoms with E-state index in [1.807, 2.05) is 6.07 Å². The molecule has 0 heterocycles. The molecule has 0 saturated heterocycles. The number of rotatable bonds is 6. The van der Waals surface area contributed by atoms with E-state index in [1.165, 1.54) is 17.8 Å². The van der Waals surface area contributed by atoms with E-state index < -0.39 is 11.7 Å². The van der Waals surface area contributed by atoms with Gasteiger partial charge < -0.3 is 0 Å². The van der Waals surface area contributed by atoms with Gasteiger partial charge in [-0.1, -0.05) is 26.2 Å². The molecule has 0 spiro atoms. The molecule has 0 amide bonds. The van der Waals surface area contributed by atoms with Crippen LogP contribution in [0, 0.1) is 11.3 Å². The van der Waals surface area contributed by atoms with Crippen LogP contribution < -0.4 is 0 Å². The number of halogens is 3. The molecule has 1 nitrogen and oxygen atoms in total. The summed E-state index contributed by atoms with van der Waals surface area (Å²) in [5.41, 5.74) is -0.379. The predicted octanol–water partition coefficient (Wildman–Crippen LogP) is 5.25. The van der Waals surface area contributed by atoms with Crippen LogP contribution in [-0.2, 0) is 6.18 Å². The average molecular weight is 287 g/mol. The molecule has 1 aromatic rings. The summed E-state index contributed by atoms with van der Waals surface area (Å²) in [7, 11) is 0. The van der Waals surface area contributed by atoms with Gasteiger partial charge in [-0.25, -0.2) is 0 Å². The maximum Gasteiger partial charge on any atom is 0.416 e. The van der Waals surface area contributed by atoms with Crippen molar-refractivity contribution in [2.24, 2.45) is 0 Å². The van der Waals surface area contributed by atoms with Gasteiger partial charge in [0.25, 0.3) is 0 Å². The summed E-state index contributed by atoms with van der Waals surface area (Å²) in [6.45, 7) is 2.10. The van der Waals surface area contributed by atoms with Crippen LogP contribution in [0.25, 0.3) is 0 Å². The summed E-state index contributed by atoms with van der Waals surface area (Å²) in [5, 5.41) is 8.91. The molecule has 0 aliphatic carbocycles. The Bertz CT molecular complexity index is 449. The molecule has 0 aromatic heterocycles. The minimum Gasteiger partial charge on any atom is -0.192 e. The molecule has 0 aliphatic heterocycles. The highest BCUT2D eigenvalue weighted by molar-refractivity contribution is 7.99. The van der Waals surface area contributed by atoms with Crippen molar-refractivity contribution in [1.82, 2.24) is 0 Å². The zero-order chi connectivity index (χ0) is 14.3. The van der Waals surface area contributed by atoms with Gasteiger partial charge in [0.15, 0.2) is 0 Å². The first-order valence-corrected chi connectivity index (χ1v) is 7.21. The summed E-state index contributed by atoms with van der Waals surface area (Å²) in [4.78, 5) is 0.425. The second-order valence-electron chi connectivity index (χ2n) is 4.23. The number of benzene rings is 1. The van der Waals surface area contributed by atoms with Gasteiger partial charge in [0.1, 0.15) is 6.07 Å². The molecular weight excluding hydrogens is 271 g/mol. The second-order valence-corrected chi connectivity index (χ2v) is 5.37. The van der Waals surface area contributed by atoms with Crippen molar-refractivity contribution >= 4 is 11.8 Å². The Morgan fingerprint density at radius 1 is 1.21 bits per heavy atom. The smallest absolute Gasteiger partial charge is 0.192 e. The topological polar surface area (TPSA) is 23.8 Å². The maximum atomic E-state index is 12.6. The van der Waals surface area contributed by atoms with E-state index >= 15 is 0 Å². The quantitative estimate of drug-likeness (QED) is 0.527. The SMILES string of the molecule is CCCCCCSc1cc(C(F)(F)F)ccc1C#N. The molecular formula is C14H16F3NS. The zero-order valence-corrected chi connectivity index (χ0v) is 11.6. The fourth-order valence-corrected chi connectivity index (χ4v) is 2.67. The van der Waals surface area contributed by atoms with Gasteiger partial charge in [-0.3, -0.25) is 0 Å². The van der Waals surface area contributed by atoms with Crippen molar-refractivity contribution in [2.45, 2.75) is 43.7 Å². The van der Waals surface area contributed by atoms with E-state index in [0.29, 0.717) is 10.5 Å². The van der Waals surface area contributed by atoms with Gasteiger partial charge in [0.05, 0.1) is 11.1 Å². The number of hydrogen-bond acceptors (Lipinski definition) is 2. The third kappa shape index (κ3) is 5.15. The molecule has 0 aliphatic rings. The Balaban J connectivity index is 2.72. The van der Waals surface area contributed by atoms with E-state index in [0.717, 1.165) is 43.6 Å². The number of hydrogen-bond donors (Lipinski definition) is 0. The number of nitrogens with zero attached hydrogens (tertiary/aromatic N) is 1. The molecule has 0 N–H and O–H groups in total. The van der Waals surface area contributed by atoms with E-state index in [2.05, 4.69) is 6.92 Å². The molecule has 0 fully saturated rings. The lowest BCUT2D eigenvalue weighted by Crippen LogP contribution is -2.05. The first kappa shape index (κ1) is 15.9.